The summed E-state index contributed by atoms with van der Waals surface area (Å²) in [6.07, 6.45) is -0.781. The van der Waals surface area contributed by atoms with Crippen LogP contribution in [0.3, 0.4) is 0 Å². The molecule has 1 N–H and O–H groups in total. The average molecular weight is 242 g/mol. The van der Waals surface area contributed by atoms with Gasteiger partial charge in [0.15, 0.2) is 6.23 Å². The van der Waals surface area contributed by atoms with E-state index in [1.54, 1.807) is 31.2 Å². The summed E-state index contributed by atoms with van der Waals surface area (Å²) in [7, 11) is 0. The van der Waals surface area contributed by atoms with Gasteiger partial charge in [0.25, 0.3) is 5.91 Å². The van der Waals surface area contributed by atoms with Crippen LogP contribution in [0.15, 0.2) is 24.3 Å². The Bertz CT molecular complexity index is 379. The fraction of sp³-hybridized carbons (Fsp3) is 0.364. The molecule has 1 aliphatic rings. The van der Waals surface area contributed by atoms with E-state index in [1.165, 1.54) is 0 Å². The van der Waals surface area contributed by atoms with Gasteiger partial charge >= 0.3 is 0 Å². The number of halogens is 1. The molecule has 1 aliphatic heterocycles. The SMILES string of the molecule is CC1OC(COc2ccc(Cl)cc2)NC1=O. The topological polar surface area (TPSA) is 47.6 Å². The Labute approximate surface area is 98.5 Å². The van der Waals surface area contributed by atoms with E-state index in [1.807, 2.05) is 0 Å². The molecule has 2 unspecified atom stereocenters. The zero-order valence-electron chi connectivity index (χ0n) is 8.77. The van der Waals surface area contributed by atoms with Crippen molar-refractivity contribution in [2.45, 2.75) is 19.3 Å². The van der Waals surface area contributed by atoms with Crippen molar-refractivity contribution in [1.29, 1.82) is 0 Å². The third-order valence-corrected chi connectivity index (χ3v) is 2.51. The molecular weight excluding hydrogens is 230 g/mol. The fourth-order valence-electron chi connectivity index (χ4n) is 1.40. The summed E-state index contributed by atoms with van der Waals surface area (Å²) < 4.78 is 10.8. The van der Waals surface area contributed by atoms with Gasteiger partial charge in [-0.05, 0) is 31.2 Å². The molecular formula is C11H12ClNO3. The molecule has 1 amide bonds. The van der Waals surface area contributed by atoms with Crippen molar-refractivity contribution >= 4 is 17.5 Å². The van der Waals surface area contributed by atoms with Gasteiger partial charge in [-0.1, -0.05) is 11.6 Å². The molecule has 0 saturated carbocycles. The van der Waals surface area contributed by atoms with Crippen LogP contribution in [0, 0.1) is 0 Å². The van der Waals surface area contributed by atoms with Crippen molar-refractivity contribution in [3.8, 4) is 5.75 Å². The summed E-state index contributed by atoms with van der Waals surface area (Å²) in [5, 5.41) is 3.33. The fourth-order valence-corrected chi connectivity index (χ4v) is 1.53. The molecule has 1 saturated heterocycles. The summed E-state index contributed by atoms with van der Waals surface area (Å²) in [4.78, 5) is 11.1. The van der Waals surface area contributed by atoms with Crippen LogP contribution in [-0.2, 0) is 9.53 Å². The Hall–Kier alpha value is -1.26. The van der Waals surface area contributed by atoms with E-state index < -0.39 is 6.10 Å². The lowest BCUT2D eigenvalue weighted by atomic mass is 10.3. The number of carbonyl (C=O) groups excluding carboxylic acids is 1. The van der Waals surface area contributed by atoms with Gasteiger partial charge in [0.05, 0.1) is 0 Å². The molecule has 2 rings (SSSR count). The number of ether oxygens (including phenoxy) is 2. The minimum Gasteiger partial charge on any atom is -0.489 e. The maximum absolute atomic E-state index is 11.1. The molecule has 16 heavy (non-hydrogen) atoms. The molecule has 1 heterocycles. The molecule has 86 valence electrons. The van der Waals surface area contributed by atoms with Crippen LogP contribution in [0.5, 0.6) is 5.75 Å². The Balaban J connectivity index is 1.84. The van der Waals surface area contributed by atoms with Gasteiger partial charge < -0.3 is 14.8 Å². The molecule has 0 aliphatic carbocycles. The second kappa shape index (κ2) is 4.72. The van der Waals surface area contributed by atoms with E-state index in [-0.39, 0.29) is 18.7 Å². The zero-order valence-corrected chi connectivity index (χ0v) is 9.53. The summed E-state index contributed by atoms with van der Waals surface area (Å²) in [5.41, 5.74) is 0. The lowest BCUT2D eigenvalue weighted by Gasteiger charge is -2.11. The monoisotopic (exact) mass is 241 g/mol. The lowest BCUT2D eigenvalue weighted by Crippen LogP contribution is -2.32. The minimum atomic E-state index is -0.404. The number of rotatable bonds is 3. The molecule has 1 aromatic rings. The van der Waals surface area contributed by atoms with Crippen LogP contribution >= 0.6 is 11.6 Å². The van der Waals surface area contributed by atoms with E-state index in [4.69, 9.17) is 21.1 Å². The highest BCUT2D eigenvalue weighted by Crippen LogP contribution is 2.16. The maximum Gasteiger partial charge on any atom is 0.251 e. The highest BCUT2D eigenvalue weighted by atomic mass is 35.5. The molecule has 0 bridgehead atoms. The highest BCUT2D eigenvalue weighted by molar-refractivity contribution is 6.30. The first kappa shape index (κ1) is 11.2. The van der Waals surface area contributed by atoms with E-state index in [0.717, 1.165) is 0 Å². The summed E-state index contributed by atoms with van der Waals surface area (Å²) in [6.45, 7) is 2.00. The van der Waals surface area contributed by atoms with Gasteiger partial charge in [0.1, 0.15) is 18.5 Å². The predicted molar refractivity (Wildman–Crippen MR) is 59.4 cm³/mol. The summed E-state index contributed by atoms with van der Waals surface area (Å²) in [5.74, 6) is 0.589. The molecule has 0 spiro atoms. The molecule has 1 fully saturated rings. The van der Waals surface area contributed by atoms with E-state index in [2.05, 4.69) is 5.32 Å². The van der Waals surface area contributed by atoms with Gasteiger partial charge in [-0.2, -0.15) is 0 Å². The molecule has 5 heteroatoms. The van der Waals surface area contributed by atoms with Crippen molar-refractivity contribution in [2.75, 3.05) is 6.61 Å². The van der Waals surface area contributed by atoms with Gasteiger partial charge in [-0.15, -0.1) is 0 Å². The van der Waals surface area contributed by atoms with Crippen molar-refractivity contribution in [3.63, 3.8) is 0 Å². The Morgan fingerprint density at radius 2 is 2.12 bits per heavy atom. The quantitative estimate of drug-likeness (QED) is 0.874. The lowest BCUT2D eigenvalue weighted by molar-refractivity contribution is -0.122. The third-order valence-electron chi connectivity index (χ3n) is 2.26. The van der Waals surface area contributed by atoms with Crippen molar-refractivity contribution < 1.29 is 14.3 Å². The molecule has 2 atom stereocenters. The maximum atomic E-state index is 11.1. The number of carbonyl (C=O) groups is 1. The predicted octanol–water partition coefficient (Wildman–Crippen LogP) is 1.58. The molecule has 0 aromatic heterocycles. The van der Waals surface area contributed by atoms with Crippen molar-refractivity contribution in [1.82, 2.24) is 5.32 Å². The van der Waals surface area contributed by atoms with E-state index in [9.17, 15) is 4.79 Å². The van der Waals surface area contributed by atoms with Crippen LogP contribution in [0.1, 0.15) is 6.92 Å². The second-order valence-electron chi connectivity index (χ2n) is 3.54. The number of hydrogen-bond donors (Lipinski definition) is 1. The third kappa shape index (κ3) is 2.65. The van der Waals surface area contributed by atoms with Gasteiger partial charge in [-0.25, -0.2) is 0 Å². The van der Waals surface area contributed by atoms with Gasteiger partial charge in [0.2, 0.25) is 0 Å². The smallest absolute Gasteiger partial charge is 0.251 e. The average Bonchev–Trinajstić information content (AvgIpc) is 2.58. The van der Waals surface area contributed by atoms with Crippen LogP contribution < -0.4 is 10.1 Å². The first-order valence-corrected chi connectivity index (χ1v) is 5.37. The zero-order chi connectivity index (χ0) is 11.5. The van der Waals surface area contributed by atoms with Crippen molar-refractivity contribution in [3.05, 3.63) is 29.3 Å². The summed E-state index contributed by atoms with van der Waals surface area (Å²) >= 11 is 5.74. The second-order valence-corrected chi connectivity index (χ2v) is 3.98. The number of hydrogen-bond acceptors (Lipinski definition) is 3. The highest BCUT2D eigenvalue weighted by Gasteiger charge is 2.29. The van der Waals surface area contributed by atoms with Gasteiger partial charge in [-0.3, -0.25) is 4.79 Å². The van der Waals surface area contributed by atoms with E-state index >= 15 is 0 Å². The van der Waals surface area contributed by atoms with Gasteiger partial charge in [0, 0.05) is 5.02 Å². The van der Waals surface area contributed by atoms with Crippen molar-refractivity contribution in [2.24, 2.45) is 0 Å². The van der Waals surface area contributed by atoms with Crippen LogP contribution in [0.4, 0.5) is 0 Å². The Morgan fingerprint density at radius 3 is 2.69 bits per heavy atom. The first-order chi connectivity index (χ1) is 7.65. The largest absolute Gasteiger partial charge is 0.489 e. The van der Waals surface area contributed by atoms with E-state index in [0.29, 0.717) is 10.8 Å². The first-order valence-electron chi connectivity index (χ1n) is 4.99. The molecule has 4 nitrogen and oxygen atoms in total. The van der Waals surface area contributed by atoms with Crippen LogP contribution in [-0.4, -0.2) is 24.8 Å². The normalized spacial score (nSPS) is 24.2. The van der Waals surface area contributed by atoms with Crippen LogP contribution in [0.2, 0.25) is 5.02 Å². The minimum absolute atomic E-state index is 0.107. The Kier molecular flexibility index (Phi) is 3.31. The standard InChI is InChI=1S/C11H12ClNO3/c1-7-11(14)13-10(16-7)6-15-9-4-2-8(12)3-5-9/h2-5,7,10H,6H2,1H3,(H,13,14). The number of amides is 1. The number of benzene rings is 1. The molecule has 0 radical (unpaired) electrons. The van der Waals surface area contributed by atoms with Crippen LogP contribution in [0.25, 0.3) is 0 Å². The summed E-state index contributed by atoms with van der Waals surface area (Å²) in [6, 6.07) is 7.02. The molecule has 1 aromatic carbocycles. The Morgan fingerprint density at radius 1 is 1.44 bits per heavy atom. The number of nitrogens with one attached hydrogen (secondary N) is 1.